The van der Waals surface area contributed by atoms with Crippen molar-refractivity contribution in [2.75, 3.05) is 7.11 Å². The van der Waals surface area contributed by atoms with Gasteiger partial charge in [0.05, 0.1) is 17.7 Å². The molecule has 0 aliphatic rings. The fraction of sp³-hybridized carbons (Fsp3) is 0.455. The van der Waals surface area contributed by atoms with E-state index in [1.807, 2.05) is 25.5 Å². The molecule has 88 valence electrons. The van der Waals surface area contributed by atoms with E-state index in [2.05, 4.69) is 0 Å². The molecule has 0 amide bonds. The average Bonchev–Trinajstić information content (AvgIpc) is 2.42. The molecule has 0 atom stereocenters. The van der Waals surface area contributed by atoms with Gasteiger partial charge in [0.15, 0.2) is 0 Å². The highest BCUT2D eigenvalue weighted by Gasteiger charge is 2.22. The summed E-state index contributed by atoms with van der Waals surface area (Å²) in [5, 5.41) is 0. The molecule has 0 aliphatic carbocycles. The number of aromatic nitrogens is 1. The van der Waals surface area contributed by atoms with E-state index in [1.54, 1.807) is 0 Å². The number of hydrogen-bond donors (Lipinski definition) is 1. The lowest BCUT2D eigenvalue weighted by Gasteiger charge is -2.03. The Balaban J connectivity index is 3.38. The van der Waals surface area contributed by atoms with Gasteiger partial charge in [0.1, 0.15) is 0 Å². The zero-order valence-corrected chi connectivity index (χ0v) is 10.8. The molecule has 1 rings (SSSR count). The largest absolute Gasteiger partial charge is 0.465 e. The molecule has 1 aromatic rings. The minimum atomic E-state index is -0.340. The highest BCUT2D eigenvalue weighted by atomic mass is 32.1. The van der Waals surface area contributed by atoms with Crippen molar-refractivity contribution in [3.63, 3.8) is 0 Å². The van der Waals surface area contributed by atoms with E-state index in [-0.39, 0.29) is 5.97 Å². The third-order valence-electron chi connectivity index (χ3n) is 2.85. The van der Waals surface area contributed by atoms with Crippen LogP contribution in [0, 0.1) is 13.8 Å². The number of ether oxygens (including phenoxy) is 1. The molecular weight excluding hydrogens is 224 g/mol. The number of thiocarbonyl (C=S) groups is 1. The van der Waals surface area contributed by atoms with Crippen LogP contribution in [0.25, 0.3) is 0 Å². The van der Waals surface area contributed by atoms with Crippen LogP contribution in [0.2, 0.25) is 0 Å². The Bertz CT molecular complexity index is 449. The zero-order chi connectivity index (χ0) is 12.5. The molecule has 4 nitrogen and oxygen atoms in total. The molecule has 0 bridgehead atoms. The van der Waals surface area contributed by atoms with Crippen LogP contribution in [0.15, 0.2) is 0 Å². The SMILES string of the molecule is COC(=O)c1c(CC(N)=S)c(C)n(C)c1C. The Morgan fingerprint density at radius 1 is 1.44 bits per heavy atom. The van der Waals surface area contributed by atoms with Gasteiger partial charge in [-0.2, -0.15) is 0 Å². The van der Waals surface area contributed by atoms with Crippen molar-refractivity contribution >= 4 is 23.2 Å². The minimum absolute atomic E-state index is 0.340. The zero-order valence-electron chi connectivity index (χ0n) is 9.96. The number of nitrogens with two attached hydrogens (primary N) is 1. The van der Waals surface area contributed by atoms with Gasteiger partial charge >= 0.3 is 5.97 Å². The van der Waals surface area contributed by atoms with Crippen molar-refractivity contribution in [1.29, 1.82) is 0 Å². The fourth-order valence-electron chi connectivity index (χ4n) is 1.78. The molecule has 0 aromatic carbocycles. The number of rotatable bonds is 3. The number of esters is 1. The lowest BCUT2D eigenvalue weighted by molar-refractivity contribution is 0.0599. The molecule has 0 radical (unpaired) electrons. The van der Waals surface area contributed by atoms with Crippen molar-refractivity contribution in [3.05, 3.63) is 22.5 Å². The first kappa shape index (κ1) is 12.7. The maximum atomic E-state index is 11.7. The van der Waals surface area contributed by atoms with Gasteiger partial charge < -0.3 is 15.0 Å². The molecular formula is C11H16N2O2S. The van der Waals surface area contributed by atoms with Gasteiger partial charge in [-0.3, -0.25) is 0 Å². The molecule has 0 unspecified atom stereocenters. The monoisotopic (exact) mass is 240 g/mol. The molecule has 1 heterocycles. The van der Waals surface area contributed by atoms with Crippen LogP contribution < -0.4 is 5.73 Å². The predicted molar refractivity (Wildman–Crippen MR) is 66.7 cm³/mol. The number of hydrogen-bond acceptors (Lipinski definition) is 3. The molecule has 0 fully saturated rings. The van der Waals surface area contributed by atoms with Gasteiger partial charge in [-0.1, -0.05) is 12.2 Å². The molecule has 2 N–H and O–H groups in total. The van der Waals surface area contributed by atoms with Crippen molar-refractivity contribution in [3.8, 4) is 0 Å². The average molecular weight is 240 g/mol. The van der Waals surface area contributed by atoms with Gasteiger partial charge in [0, 0.05) is 24.9 Å². The maximum absolute atomic E-state index is 11.7. The third kappa shape index (κ3) is 2.09. The Morgan fingerprint density at radius 2 is 2.00 bits per heavy atom. The normalized spacial score (nSPS) is 10.2. The van der Waals surface area contributed by atoms with Crippen LogP contribution in [0.1, 0.15) is 27.3 Å². The lowest BCUT2D eigenvalue weighted by atomic mass is 10.1. The summed E-state index contributed by atoms with van der Waals surface area (Å²) in [5.74, 6) is -0.340. The standard InChI is InChI=1S/C11H16N2O2S/c1-6-8(5-9(12)16)10(11(14)15-4)7(2)13(6)3/h5H2,1-4H3,(H2,12,16). The second kappa shape index (κ2) is 4.65. The van der Waals surface area contributed by atoms with E-state index in [0.717, 1.165) is 17.0 Å². The van der Waals surface area contributed by atoms with Crippen LogP contribution >= 0.6 is 12.2 Å². The molecule has 0 aliphatic heterocycles. The number of carbonyl (C=O) groups excluding carboxylic acids is 1. The van der Waals surface area contributed by atoms with E-state index in [9.17, 15) is 4.79 Å². The Kier molecular flexibility index (Phi) is 3.70. The van der Waals surface area contributed by atoms with Gasteiger partial charge in [0.2, 0.25) is 0 Å². The summed E-state index contributed by atoms with van der Waals surface area (Å²) in [6.07, 6.45) is 0.424. The van der Waals surface area contributed by atoms with Gasteiger partial charge in [-0.05, 0) is 19.4 Å². The molecule has 0 saturated heterocycles. The Labute approximate surface area is 100 Å². The molecule has 1 aromatic heterocycles. The summed E-state index contributed by atoms with van der Waals surface area (Å²) in [6, 6.07) is 0. The third-order valence-corrected chi connectivity index (χ3v) is 2.99. The summed E-state index contributed by atoms with van der Waals surface area (Å²) in [4.78, 5) is 12.1. The summed E-state index contributed by atoms with van der Waals surface area (Å²) in [6.45, 7) is 3.81. The van der Waals surface area contributed by atoms with Crippen LogP contribution in [0.4, 0.5) is 0 Å². The van der Waals surface area contributed by atoms with E-state index < -0.39 is 0 Å². The highest BCUT2D eigenvalue weighted by molar-refractivity contribution is 7.80. The second-order valence-corrected chi connectivity index (χ2v) is 4.24. The van der Waals surface area contributed by atoms with Crippen molar-refractivity contribution in [2.24, 2.45) is 12.8 Å². The fourth-order valence-corrected chi connectivity index (χ4v) is 1.93. The number of carbonyl (C=O) groups is 1. The van der Waals surface area contributed by atoms with Crippen LogP contribution in [-0.4, -0.2) is 22.6 Å². The van der Waals surface area contributed by atoms with E-state index in [1.165, 1.54) is 7.11 Å². The maximum Gasteiger partial charge on any atom is 0.339 e. The lowest BCUT2D eigenvalue weighted by Crippen LogP contribution is -2.14. The number of methoxy groups -OCH3 is 1. The second-order valence-electron chi connectivity index (χ2n) is 3.72. The summed E-state index contributed by atoms with van der Waals surface area (Å²) in [5.41, 5.74) is 8.84. The Morgan fingerprint density at radius 3 is 2.44 bits per heavy atom. The summed E-state index contributed by atoms with van der Waals surface area (Å²) >= 11 is 4.89. The van der Waals surface area contributed by atoms with Crippen molar-refractivity contribution < 1.29 is 9.53 Å². The highest BCUT2D eigenvalue weighted by Crippen LogP contribution is 2.22. The van der Waals surface area contributed by atoms with Gasteiger partial charge in [-0.25, -0.2) is 4.79 Å². The van der Waals surface area contributed by atoms with Gasteiger partial charge in [-0.15, -0.1) is 0 Å². The predicted octanol–water partition coefficient (Wildman–Crippen LogP) is 1.26. The van der Waals surface area contributed by atoms with E-state index in [0.29, 0.717) is 17.0 Å². The van der Waals surface area contributed by atoms with E-state index >= 15 is 0 Å². The quantitative estimate of drug-likeness (QED) is 0.638. The van der Waals surface area contributed by atoms with Crippen LogP contribution in [0.5, 0.6) is 0 Å². The first-order chi connectivity index (χ1) is 7.40. The van der Waals surface area contributed by atoms with Gasteiger partial charge in [0.25, 0.3) is 0 Å². The topological polar surface area (TPSA) is 57.2 Å². The molecule has 16 heavy (non-hydrogen) atoms. The van der Waals surface area contributed by atoms with Crippen molar-refractivity contribution in [1.82, 2.24) is 4.57 Å². The summed E-state index contributed by atoms with van der Waals surface area (Å²) in [7, 11) is 3.27. The first-order valence-electron chi connectivity index (χ1n) is 4.91. The Hall–Kier alpha value is -1.36. The first-order valence-corrected chi connectivity index (χ1v) is 5.32. The smallest absolute Gasteiger partial charge is 0.339 e. The van der Waals surface area contributed by atoms with E-state index in [4.69, 9.17) is 22.7 Å². The van der Waals surface area contributed by atoms with Crippen molar-refractivity contribution in [2.45, 2.75) is 20.3 Å². The summed E-state index contributed by atoms with van der Waals surface area (Å²) < 4.78 is 6.72. The molecule has 0 saturated carbocycles. The molecule has 0 spiro atoms. The van der Waals surface area contributed by atoms with Crippen LogP contribution in [0.3, 0.4) is 0 Å². The minimum Gasteiger partial charge on any atom is -0.465 e. The molecule has 5 heteroatoms. The number of nitrogens with zero attached hydrogens (tertiary/aromatic N) is 1. The van der Waals surface area contributed by atoms with Crippen LogP contribution in [-0.2, 0) is 18.2 Å².